The summed E-state index contributed by atoms with van der Waals surface area (Å²) < 4.78 is 17.2. The van der Waals surface area contributed by atoms with Crippen LogP contribution < -0.4 is 9.47 Å². The molecule has 0 aromatic heterocycles. The summed E-state index contributed by atoms with van der Waals surface area (Å²) in [4.78, 5) is 12.0. The van der Waals surface area contributed by atoms with Crippen molar-refractivity contribution < 1.29 is 19.0 Å². The summed E-state index contributed by atoms with van der Waals surface area (Å²) in [7, 11) is 0. The summed E-state index contributed by atoms with van der Waals surface area (Å²) in [6.07, 6.45) is 5.11. The van der Waals surface area contributed by atoms with Crippen molar-refractivity contribution in [2.75, 3.05) is 13.2 Å². The molecule has 0 amide bonds. The first-order valence-corrected chi connectivity index (χ1v) is 9.43. The smallest absolute Gasteiger partial charge is 0.339 e. The quantitative estimate of drug-likeness (QED) is 0.289. The van der Waals surface area contributed by atoms with Gasteiger partial charge in [0.2, 0.25) is 0 Å². The number of terminal acetylenes is 1. The van der Waals surface area contributed by atoms with Crippen molar-refractivity contribution in [1.29, 1.82) is 0 Å². The number of halogens is 3. The molecule has 0 fully saturated rings. The van der Waals surface area contributed by atoms with E-state index in [2.05, 4.69) is 28.5 Å². The van der Waals surface area contributed by atoms with Crippen LogP contribution in [-0.2, 0) is 11.3 Å². The number of hydrogen-bond donors (Lipinski definition) is 0. The maximum Gasteiger partial charge on any atom is 0.339 e. The van der Waals surface area contributed by atoms with Crippen LogP contribution >= 0.6 is 45.8 Å². The Labute approximate surface area is 175 Å². The van der Waals surface area contributed by atoms with Gasteiger partial charge in [0.25, 0.3) is 0 Å². The first-order chi connectivity index (χ1) is 12.5. The van der Waals surface area contributed by atoms with Crippen LogP contribution in [0, 0.1) is 15.9 Å². The maximum absolute atomic E-state index is 12.0. The molecule has 0 spiro atoms. The third-order valence-electron chi connectivity index (χ3n) is 3.20. The van der Waals surface area contributed by atoms with Gasteiger partial charge in [0.1, 0.15) is 6.61 Å². The summed E-state index contributed by atoms with van der Waals surface area (Å²) in [5.74, 6) is 2.73. The third-order valence-corrected chi connectivity index (χ3v) is 4.74. The van der Waals surface area contributed by atoms with Gasteiger partial charge in [0, 0.05) is 0 Å². The van der Waals surface area contributed by atoms with Gasteiger partial charge in [0.15, 0.2) is 18.1 Å². The Kier molecular flexibility index (Phi) is 7.88. The third kappa shape index (κ3) is 5.44. The summed E-state index contributed by atoms with van der Waals surface area (Å²) in [6, 6.07) is 8.51. The lowest BCUT2D eigenvalue weighted by Crippen LogP contribution is -2.08. The van der Waals surface area contributed by atoms with E-state index in [9.17, 15) is 4.79 Å². The van der Waals surface area contributed by atoms with Gasteiger partial charge in [-0.25, -0.2) is 4.79 Å². The molecule has 0 saturated heterocycles. The number of ether oxygens (including phenoxy) is 3. The summed E-state index contributed by atoms with van der Waals surface area (Å²) >= 11 is 14.0. The van der Waals surface area contributed by atoms with Crippen LogP contribution in [0.4, 0.5) is 0 Å². The van der Waals surface area contributed by atoms with Crippen molar-refractivity contribution in [1.82, 2.24) is 0 Å². The Balaban J connectivity index is 2.24. The first kappa shape index (κ1) is 20.7. The zero-order valence-corrected chi connectivity index (χ0v) is 17.5. The summed E-state index contributed by atoms with van der Waals surface area (Å²) in [5, 5.41) is 0.939. The molecule has 2 aromatic rings. The Morgan fingerprint density at radius 3 is 2.62 bits per heavy atom. The molecule has 0 bridgehead atoms. The fourth-order valence-corrected chi connectivity index (χ4v) is 3.14. The lowest BCUT2D eigenvalue weighted by atomic mass is 10.2. The topological polar surface area (TPSA) is 44.8 Å². The molecule has 0 aliphatic carbocycles. The number of benzene rings is 2. The van der Waals surface area contributed by atoms with E-state index in [0.717, 1.165) is 5.56 Å². The molecule has 0 N–H and O–H groups in total. The van der Waals surface area contributed by atoms with Gasteiger partial charge in [-0.3, -0.25) is 0 Å². The van der Waals surface area contributed by atoms with E-state index < -0.39 is 5.97 Å². The minimum atomic E-state index is -0.516. The highest BCUT2D eigenvalue weighted by Gasteiger charge is 2.17. The SMILES string of the molecule is C#CCOC(=O)c1cc(I)c(OCc2ccc(Cl)c(Cl)c2)c(OCC)c1. The van der Waals surface area contributed by atoms with Crippen LogP contribution in [0.3, 0.4) is 0 Å². The lowest BCUT2D eigenvalue weighted by molar-refractivity contribution is 0.0556. The van der Waals surface area contributed by atoms with Crippen molar-refractivity contribution in [2.45, 2.75) is 13.5 Å². The minimum Gasteiger partial charge on any atom is -0.490 e. The maximum atomic E-state index is 12.0. The van der Waals surface area contributed by atoms with Crippen molar-refractivity contribution in [3.63, 3.8) is 0 Å². The van der Waals surface area contributed by atoms with E-state index in [1.165, 1.54) is 0 Å². The van der Waals surface area contributed by atoms with Crippen molar-refractivity contribution >= 4 is 51.8 Å². The summed E-state index contributed by atoms with van der Waals surface area (Å²) in [5.41, 5.74) is 1.20. The van der Waals surface area contributed by atoms with Gasteiger partial charge in [0.05, 0.1) is 25.8 Å². The Morgan fingerprint density at radius 2 is 1.96 bits per heavy atom. The molecule has 26 heavy (non-hydrogen) atoms. The van der Waals surface area contributed by atoms with Gasteiger partial charge >= 0.3 is 5.97 Å². The standard InChI is InChI=1S/C19H15Cl2IO4/c1-3-7-25-19(23)13-9-16(22)18(17(10-13)24-4-2)26-11-12-5-6-14(20)15(21)8-12/h1,5-6,8-10H,4,7,11H2,2H3. The van der Waals surface area contributed by atoms with E-state index in [-0.39, 0.29) is 13.2 Å². The fourth-order valence-electron chi connectivity index (χ4n) is 2.06. The fraction of sp³-hybridized carbons (Fsp3) is 0.211. The van der Waals surface area contributed by atoms with E-state index >= 15 is 0 Å². The van der Waals surface area contributed by atoms with Gasteiger partial charge in [-0.2, -0.15) is 0 Å². The largest absolute Gasteiger partial charge is 0.490 e. The molecule has 0 unspecified atom stereocenters. The van der Waals surface area contributed by atoms with Crippen molar-refractivity contribution in [2.24, 2.45) is 0 Å². The van der Waals surface area contributed by atoms with E-state index in [1.807, 2.05) is 13.0 Å². The second-order valence-corrected chi connectivity index (χ2v) is 7.01. The molecule has 7 heteroatoms. The highest BCUT2D eigenvalue weighted by atomic mass is 127. The molecule has 2 aromatic carbocycles. The Hall–Kier alpha value is -1.62. The van der Waals surface area contributed by atoms with E-state index in [4.69, 9.17) is 43.8 Å². The molecular weight excluding hydrogens is 490 g/mol. The van der Waals surface area contributed by atoms with Crippen molar-refractivity contribution in [3.05, 3.63) is 55.1 Å². The lowest BCUT2D eigenvalue weighted by Gasteiger charge is -2.15. The molecule has 4 nitrogen and oxygen atoms in total. The highest BCUT2D eigenvalue weighted by molar-refractivity contribution is 14.1. The molecule has 2 rings (SSSR count). The van der Waals surface area contributed by atoms with Crippen LogP contribution in [0.5, 0.6) is 11.5 Å². The predicted molar refractivity (Wildman–Crippen MR) is 110 cm³/mol. The second kappa shape index (κ2) is 9.91. The first-order valence-electron chi connectivity index (χ1n) is 7.60. The van der Waals surface area contributed by atoms with Gasteiger partial charge < -0.3 is 14.2 Å². The van der Waals surface area contributed by atoms with Crippen LogP contribution in [-0.4, -0.2) is 19.2 Å². The molecule has 0 atom stereocenters. The molecule has 136 valence electrons. The van der Waals surface area contributed by atoms with Crippen LogP contribution in [0.2, 0.25) is 10.0 Å². The predicted octanol–water partition coefficient (Wildman–Crippen LogP) is 5.37. The normalized spacial score (nSPS) is 10.1. The van der Waals surface area contributed by atoms with E-state index in [0.29, 0.717) is 37.3 Å². The van der Waals surface area contributed by atoms with Crippen molar-refractivity contribution in [3.8, 4) is 23.8 Å². The van der Waals surface area contributed by atoms with Crippen LogP contribution in [0.25, 0.3) is 0 Å². The zero-order chi connectivity index (χ0) is 19.1. The number of esters is 1. The van der Waals surface area contributed by atoms with Gasteiger partial charge in [-0.15, -0.1) is 6.42 Å². The Bertz CT molecular complexity index is 846. The number of rotatable bonds is 7. The minimum absolute atomic E-state index is 0.0883. The Morgan fingerprint density at radius 1 is 1.19 bits per heavy atom. The number of carbonyl (C=O) groups is 1. The average molecular weight is 505 g/mol. The zero-order valence-electron chi connectivity index (χ0n) is 13.9. The molecule has 0 heterocycles. The second-order valence-electron chi connectivity index (χ2n) is 5.04. The highest BCUT2D eigenvalue weighted by Crippen LogP contribution is 2.35. The molecule has 0 aliphatic rings. The van der Waals surface area contributed by atoms with Gasteiger partial charge in [-0.05, 0) is 59.3 Å². The van der Waals surface area contributed by atoms with E-state index in [1.54, 1.807) is 24.3 Å². The average Bonchev–Trinajstić information content (AvgIpc) is 2.61. The van der Waals surface area contributed by atoms with Gasteiger partial charge in [-0.1, -0.05) is 35.2 Å². The molecule has 0 aliphatic heterocycles. The molecule has 0 saturated carbocycles. The van der Waals surface area contributed by atoms with Crippen LogP contribution in [0.1, 0.15) is 22.8 Å². The van der Waals surface area contributed by atoms with Crippen LogP contribution in [0.15, 0.2) is 30.3 Å². The monoisotopic (exact) mass is 504 g/mol. The molecular formula is C19H15Cl2IO4. The molecule has 0 radical (unpaired) electrons. The summed E-state index contributed by atoms with van der Waals surface area (Å²) in [6.45, 7) is 2.45. The number of carbonyl (C=O) groups excluding carboxylic acids is 1. The number of hydrogen-bond acceptors (Lipinski definition) is 4.